The van der Waals surface area contributed by atoms with Crippen molar-refractivity contribution < 1.29 is 24.2 Å². The molecule has 7 nitrogen and oxygen atoms in total. The first-order chi connectivity index (χ1) is 14.4. The van der Waals surface area contributed by atoms with Crippen molar-refractivity contribution in [1.82, 2.24) is 10.2 Å². The third-order valence-electron chi connectivity index (χ3n) is 3.95. The molecule has 12 heteroatoms. The van der Waals surface area contributed by atoms with E-state index in [1.165, 1.54) is 4.90 Å². The van der Waals surface area contributed by atoms with Crippen molar-refractivity contribution in [2.45, 2.75) is 30.3 Å². The number of carboxylic acids is 1. The number of carbonyl (C=O) groups is 3. The van der Waals surface area contributed by atoms with Gasteiger partial charge in [-0.15, -0.1) is 0 Å². The number of thioether (sulfide) groups is 1. The van der Waals surface area contributed by atoms with E-state index in [9.17, 15) is 14.4 Å². The number of ether oxygens (including phenoxy) is 1. The highest BCUT2D eigenvalue weighted by Gasteiger charge is 2.36. The van der Waals surface area contributed by atoms with Crippen LogP contribution in [0, 0.1) is 5.92 Å². The number of hydrogen-bond donors (Lipinski definition) is 2. The number of benzene rings is 1. The second-order valence-corrected chi connectivity index (χ2v) is 10.8. The maximum absolute atomic E-state index is 12.5. The fourth-order valence-electron chi connectivity index (χ4n) is 2.30. The summed E-state index contributed by atoms with van der Waals surface area (Å²) in [5.41, 5.74) is 0.683. The minimum Gasteiger partial charge on any atom is -0.481 e. The van der Waals surface area contributed by atoms with Crippen LogP contribution in [0.1, 0.15) is 25.8 Å². The van der Waals surface area contributed by atoms with Crippen LogP contribution in [-0.4, -0.2) is 48.7 Å². The van der Waals surface area contributed by atoms with Gasteiger partial charge in [-0.05, 0) is 23.8 Å². The second kappa shape index (κ2) is 10.9. The number of nitrogens with zero attached hydrogens (tertiary/aromatic N) is 1. The Hall–Kier alpha value is -1.52. The molecular formula is C19H19Cl3N2O5S2. The van der Waals surface area contributed by atoms with E-state index in [-0.39, 0.29) is 30.7 Å². The number of nitrogens with one attached hydrogen (secondary N) is 1. The third kappa shape index (κ3) is 7.54. The van der Waals surface area contributed by atoms with Gasteiger partial charge in [0.1, 0.15) is 10.1 Å². The van der Waals surface area contributed by atoms with Gasteiger partial charge in [-0.3, -0.25) is 19.3 Å². The van der Waals surface area contributed by atoms with Gasteiger partial charge in [0.05, 0.1) is 11.3 Å². The molecular weight excluding hydrogens is 507 g/mol. The van der Waals surface area contributed by atoms with Gasteiger partial charge in [-0.2, -0.15) is 0 Å². The summed E-state index contributed by atoms with van der Waals surface area (Å²) in [5, 5.41) is 11.3. The number of carboxylic acid groups (broad SMARTS) is 1. The molecule has 0 radical (unpaired) electrons. The fourth-order valence-corrected chi connectivity index (χ4v) is 3.91. The monoisotopic (exact) mass is 524 g/mol. The van der Waals surface area contributed by atoms with Gasteiger partial charge in [0.15, 0.2) is 0 Å². The number of thiocarbonyl (C=S) groups is 1. The molecule has 1 fully saturated rings. The van der Waals surface area contributed by atoms with E-state index in [2.05, 4.69) is 5.32 Å². The normalized spacial score (nSPS) is 16.7. The average Bonchev–Trinajstić information content (AvgIpc) is 2.92. The van der Waals surface area contributed by atoms with E-state index in [1.54, 1.807) is 44.2 Å². The lowest BCUT2D eigenvalue weighted by Crippen LogP contribution is -2.49. The predicted molar refractivity (Wildman–Crippen MR) is 126 cm³/mol. The molecule has 0 spiro atoms. The standard InChI is InChI=1S/C19H19Cl3N2O5S2/c1-10(2)15(27)23-17(19(20,21)22)29-12-5-3-11(4-6-12)9-13-16(28)24(18(30)31-13)8-7-14(25)26/h3-6,9-10,17H,7-8H2,1-2H3,(H,23,27)(H,25,26)/b13-9-. The van der Waals surface area contributed by atoms with Crippen LogP contribution in [0.2, 0.25) is 0 Å². The highest BCUT2D eigenvalue weighted by molar-refractivity contribution is 8.26. The molecule has 1 aromatic carbocycles. The lowest BCUT2D eigenvalue weighted by atomic mass is 10.2. The Morgan fingerprint density at radius 1 is 1.29 bits per heavy atom. The Bertz CT molecular complexity index is 901. The molecule has 2 N–H and O–H groups in total. The molecule has 0 saturated carbocycles. The van der Waals surface area contributed by atoms with Crippen LogP contribution in [0.5, 0.6) is 5.75 Å². The van der Waals surface area contributed by atoms with Crippen LogP contribution in [0.15, 0.2) is 29.2 Å². The first kappa shape index (κ1) is 25.7. The van der Waals surface area contributed by atoms with Crippen LogP contribution in [-0.2, 0) is 14.4 Å². The van der Waals surface area contributed by atoms with Crippen LogP contribution < -0.4 is 10.1 Å². The van der Waals surface area contributed by atoms with Crippen LogP contribution in [0.3, 0.4) is 0 Å². The van der Waals surface area contributed by atoms with Crippen LogP contribution >= 0.6 is 58.8 Å². The third-order valence-corrected chi connectivity index (χ3v) is 5.92. The van der Waals surface area contributed by atoms with Gasteiger partial charge >= 0.3 is 5.97 Å². The highest BCUT2D eigenvalue weighted by Crippen LogP contribution is 2.34. The molecule has 31 heavy (non-hydrogen) atoms. The predicted octanol–water partition coefficient (Wildman–Crippen LogP) is 4.21. The van der Waals surface area contributed by atoms with Crippen LogP contribution in [0.4, 0.5) is 0 Å². The van der Waals surface area contributed by atoms with Crippen molar-refractivity contribution in [3.63, 3.8) is 0 Å². The minimum absolute atomic E-state index is 0.0185. The molecule has 1 aliphatic heterocycles. The molecule has 1 unspecified atom stereocenters. The lowest BCUT2D eigenvalue weighted by Gasteiger charge is -2.27. The molecule has 0 aromatic heterocycles. The Morgan fingerprint density at radius 2 is 1.90 bits per heavy atom. The maximum Gasteiger partial charge on any atom is 0.305 e. The van der Waals surface area contributed by atoms with Gasteiger partial charge < -0.3 is 15.2 Å². The quantitative estimate of drug-likeness (QED) is 0.227. The topological polar surface area (TPSA) is 95.9 Å². The van der Waals surface area contributed by atoms with Crippen molar-refractivity contribution >= 4 is 87.0 Å². The Morgan fingerprint density at radius 3 is 2.42 bits per heavy atom. The zero-order valence-corrected chi connectivity index (χ0v) is 20.3. The molecule has 1 atom stereocenters. The summed E-state index contributed by atoms with van der Waals surface area (Å²) in [6, 6.07) is 6.56. The number of carbonyl (C=O) groups excluding carboxylic acids is 2. The summed E-state index contributed by atoms with van der Waals surface area (Å²) in [6.45, 7) is 3.42. The first-order valence-electron chi connectivity index (χ1n) is 8.99. The van der Waals surface area contributed by atoms with Gasteiger partial charge in [-0.25, -0.2) is 0 Å². The van der Waals surface area contributed by atoms with Crippen LogP contribution in [0.25, 0.3) is 6.08 Å². The molecule has 1 aromatic rings. The second-order valence-electron chi connectivity index (χ2n) is 6.75. The van der Waals surface area contributed by atoms with E-state index >= 15 is 0 Å². The van der Waals surface area contributed by atoms with Crippen molar-refractivity contribution in [2.24, 2.45) is 5.92 Å². The van der Waals surface area contributed by atoms with E-state index in [0.717, 1.165) is 11.8 Å². The molecule has 1 heterocycles. The van der Waals surface area contributed by atoms with Gasteiger partial charge in [0.25, 0.3) is 5.91 Å². The molecule has 1 saturated heterocycles. The first-order valence-corrected chi connectivity index (χ1v) is 11.4. The lowest BCUT2D eigenvalue weighted by molar-refractivity contribution is -0.137. The number of rotatable bonds is 8. The summed E-state index contributed by atoms with van der Waals surface area (Å²) >= 11 is 24.0. The van der Waals surface area contributed by atoms with E-state index in [1.807, 2.05) is 0 Å². The molecule has 1 aliphatic rings. The number of hydrogen-bond acceptors (Lipinski definition) is 6. The maximum atomic E-state index is 12.5. The SMILES string of the molecule is CC(C)C(=O)NC(Oc1ccc(/C=C2\SC(=S)N(CCC(=O)O)C2=O)cc1)C(Cl)(Cl)Cl. The van der Waals surface area contributed by atoms with Crippen molar-refractivity contribution in [3.8, 4) is 5.75 Å². The highest BCUT2D eigenvalue weighted by atomic mass is 35.6. The molecule has 168 valence electrons. The smallest absolute Gasteiger partial charge is 0.305 e. The molecule has 0 bridgehead atoms. The van der Waals surface area contributed by atoms with Gasteiger partial charge in [0, 0.05) is 12.5 Å². The molecule has 0 aliphatic carbocycles. The van der Waals surface area contributed by atoms with E-state index in [4.69, 9.17) is 56.9 Å². The van der Waals surface area contributed by atoms with Crippen molar-refractivity contribution in [3.05, 3.63) is 34.7 Å². The number of amides is 2. The van der Waals surface area contributed by atoms with E-state index < -0.39 is 16.0 Å². The number of halogens is 3. The summed E-state index contributed by atoms with van der Waals surface area (Å²) in [7, 11) is 0. The number of alkyl halides is 3. The zero-order chi connectivity index (χ0) is 23.3. The number of aliphatic carboxylic acids is 1. The van der Waals surface area contributed by atoms with Gasteiger partial charge in [-0.1, -0.05) is 84.8 Å². The minimum atomic E-state index is -1.90. The van der Waals surface area contributed by atoms with Crippen molar-refractivity contribution in [1.29, 1.82) is 0 Å². The summed E-state index contributed by atoms with van der Waals surface area (Å²) in [5.74, 6) is -1.67. The average molecular weight is 526 g/mol. The fraction of sp³-hybridized carbons (Fsp3) is 0.368. The van der Waals surface area contributed by atoms with Gasteiger partial charge in [0.2, 0.25) is 15.9 Å². The molecule has 2 rings (SSSR count). The summed E-state index contributed by atoms with van der Waals surface area (Å²) < 4.78 is 4.04. The summed E-state index contributed by atoms with van der Waals surface area (Å²) in [6.07, 6.45) is 0.240. The molecule has 2 amide bonds. The van der Waals surface area contributed by atoms with E-state index in [0.29, 0.717) is 20.5 Å². The van der Waals surface area contributed by atoms with Crippen molar-refractivity contribution in [2.75, 3.05) is 6.54 Å². The zero-order valence-electron chi connectivity index (χ0n) is 16.4. The Labute approximate surface area is 204 Å². The summed E-state index contributed by atoms with van der Waals surface area (Å²) in [4.78, 5) is 36.8. The Kier molecular flexibility index (Phi) is 9.03. The largest absolute Gasteiger partial charge is 0.481 e. The Balaban J connectivity index is 2.10.